The summed E-state index contributed by atoms with van der Waals surface area (Å²) >= 11 is 0. The van der Waals surface area contributed by atoms with Crippen LogP contribution < -0.4 is 10.1 Å². The Hall–Kier alpha value is -2.24. The van der Waals surface area contributed by atoms with Crippen molar-refractivity contribution in [1.82, 2.24) is 5.32 Å². The first-order valence-corrected chi connectivity index (χ1v) is 9.93. The SMILES string of the molecule is CC(CCCc1ccc(OC(F)(F)F)cc1)NC(=O)C1(C(C)(C)C)C=CC=CC1. The maximum atomic E-state index is 13.1. The Morgan fingerprint density at radius 3 is 2.34 bits per heavy atom. The molecule has 6 heteroatoms. The first kappa shape index (κ1) is 23.0. The van der Waals surface area contributed by atoms with Crippen LogP contribution in [0.5, 0.6) is 5.75 Å². The van der Waals surface area contributed by atoms with Crippen LogP contribution in [0.15, 0.2) is 48.6 Å². The molecule has 0 aliphatic heterocycles. The fourth-order valence-corrected chi connectivity index (χ4v) is 3.58. The summed E-state index contributed by atoms with van der Waals surface area (Å²) in [5, 5.41) is 3.15. The van der Waals surface area contributed by atoms with E-state index in [1.165, 1.54) is 12.1 Å². The van der Waals surface area contributed by atoms with E-state index in [-0.39, 0.29) is 23.1 Å². The van der Waals surface area contributed by atoms with E-state index in [2.05, 4.69) is 30.8 Å². The van der Waals surface area contributed by atoms with Crippen LogP contribution in [0, 0.1) is 10.8 Å². The molecular formula is C23H30F3NO2. The first-order chi connectivity index (χ1) is 13.4. The topological polar surface area (TPSA) is 38.3 Å². The van der Waals surface area contributed by atoms with E-state index < -0.39 is 11.8 Å². The molecule has 2 unspecified atom stereocenters. The lowest BCUT2D eigenvalue weighted by Crippen LogP contribution is -2.50. The minimum Gasteiger partial charge on any atom is -0.406 e. The van der Waals surface area contributed by atoms with Gasteiger partial charge in [0.1, 0.15) is 5.75 Å². The quantitative estimate of drug-likeness (QED) is 0.603. The normalized spacial score (nSPS) is 20.4. The van der Waals surface area contributed by atoms with E-state index in [0.29, 0.717) is 6.42 Å². The predicted molar refractivity (Wildman–Crippen MR) is 108 cm³/mol. The van der Waals surface area contributed by atoms with Crippen molar-refractivity contribution in [2.45, 2.75) is 65.8 Å². The maximum Gasteiger partial charge on any atom is 0.573 e. The summed E-state index contributed by atoms with van der Waals surface area (Å²) < 4.78 is 40.5. The maximum absolute atomic E-state index is 13.1. The fraction of sp³-hybridized carbons (Fsp3) is 0.522. The Labute approximate surface area is 171 Å². The van der Waals surface area contributed by atoms with Gasteiger partial charge in [0, 0.05) is 6.04 Å². The van der Waals surface area contributed by atoms with Gasteiger partial charge in [-0.2, -0.15) is 0 Å². The molecule has 1 amide bonds. The van der Waals surface area contributed by atoms with E-state index in [9.17, 15) is 18.0 Å². The van der Waals surface area contributed by atoms with Gasteiger partial charge in [-0.3, -0.25) is 4.79 Å². The molecule has 0 bridgehead atoms. The Kier molecular flexibility index (Phi) is 7.20. The molecule has 1 aromatic carbocycles. The van der Waals surface area contributed by atoms with Gasteiger partial charge < -0.3 is 10.1 Å². The van der Waals surface area contributed by atoms with Gasteiger partial charge in [-0.15, -0.1) is 13.2 Å². The molecule has 2 rings (SSSR count). The summed E-state index contributed by atoms with van der Waals surface area (Å²) in [4.78, 5) is 13.1. The highest BCUT2D eigenvalue weighted by molar-refractivity contribution is 5.86. The lowest BCUT2D eigenvalue weighted by molar-refractivity contribution is -0.274. The standard InChI is InChI=1S/C23H30F3NO2/c1-17(27-20(28)22(21(2,3)4)15-6-5-7-16-22)9-8-10-18-11-13-19(14-12-18)29-23(24,25)26/h5-7,11-15,17H,8-10,16H2,1-4H3,(H,27,28). The summed E-state index contributed by atoms with van der Waals surface area (Å²) in [7, 11) is 0. The number of halogens is 3. The van der Waals surface area contributed by atoms with Crippen molar-refractivity contribution in [1.29, 1.82) is 0 Å². The average molecular weight is 409 g/mol. The van der Waals surface area contributed by atoms with Crippen LogP contribution in [-0.2, 0) is 11.2 Å². The van der Waals surface area contributed by atoms with Crippen LogP contribution in [-0.4, -0.2) is 18.3 Å². The third kappa shape index (κ3) is 6.38. The minimum absolute atomic E-state index is 0.00821. The number of hydrogen-bond acceptors (Lipinski definition) is 2. The molecule has 2 atom stereocenters. The number of amides is 1. The van der Waals surface area contributed by atoms with Crippen LogP contribution in [0.25, 0.3) is 0 Å². The molecule has 0 saturated heterocycles. The first-order valence-electron chi connectivity index (χ1n) is 9.93. The van der Waals surface area contributed by atoms with E-state index in [0.717, 1.165) is 24.8 Å². The molecule has 1 aliphatic rings. The zero-order valence-corrected chi connectivity index (χ0v) is 17.5. The molecule has 160 valence electrons. The van der Waals surface area contributed by atoms with Gasteiger partial charge in [0.25, 0.3) is 0 Å². The molecule has 3 nitrogen and oxygen atoms in total. The molecule has 0 radical (unpaired) electrons. The van der Waals surface area contributed by atoms with Crippen LogP contribution in [0.3, 0.4) is 0 Å². The molecule has 1 N–H and O–H groups in total. The van der Waals surface area contributed by atoms with E-state index in [4.69, 9.17) is 0 Å². The predicted octanol–water partition coefficient (Wildman–Crippen LogP) is 5.96. The summed E-state index contributed by atoms with van der Waals surface area (Å²) in [5.74, 6) is -0.185. The van der Waals surface area contributed by atoms with Crippen molar-refractivity contribution < 1.29 is 22.7 Å². The van der Waals surface area contributed by atoms with Crippen molar-refractivity contribution in [3.8, 4) is 5.75 Å². The lowest BCUT2D eigenvalue weighted by Gasteiger charge is -2.42. The number of hydrogen-bond donors (Lipinski definition) is 1. The van der Waals surface area contributed by atoms with Crippen molar-refractivity contribution in [3.63, 3.8) is 0 Å². The van der Waals surface area contributed by atoms with Gasteiger partial charge in [0.15, 0.2) is 0 Å². The zero-order chi connectivity index (χ0) is 21.7. The van der Waals surface area contributed by atoms with E-state index in [1.807, 2.05) is 31.2 Å². The van der Waals surface area contributed by atoms with Crippen LogP contribution in [0.1, 0.15) is 52.5 Å². The third-order valence-electron chi connectivity index (χ3n) is 5.45. The molecule has 1 aromatic rings. The number of benzene rings is 1. The number of nitrogens with one attached hydrogen (secondary N) is 1. The molecule has 29 heavy (non-hydrogen) atoms. The van der Waals surface area contributed by atoms with Crippen LogP contribution in [0.2, 0.25) is 0 Å². The number of alkyl halides is 3. The lowest BCUT2D eigenvalue weighted by atomic mass is 9.62. The van der Waals surface area contributed by atoms with Crippen molar-refractivity contribution in [2.75, 3.05) is 0 Å². The number of rotatable bonds is 7. The minimum atomic E-state index is -4.68. The molecule has 0 fully saturated rings. The molecule has 0 spiro atoms. The highest BCUT2D eigenvalue weighted by atomic mass is 19.4. The third-order valence-corrected chi connectivity index (χ3v) is 5.45. The van der Waals surface area contributed by atoms with E-state index >= 15 is 0 Å². The Bertz CT molecular complexity index is 745. The highest BCUT2D eigenvalue weighted by Crippen LogP contribution is 2.45. The molecule has 0 heterocycles. The van der Waals surface area contributed by atoms with Gasteiger partial charge in [-0.25, -0.2) is 0 Å². The Morgan fingerprint density at radius 2 is 1.83 bits per heavy atom. The highest BCUT2D eigenvalue weighted by Gasteiger charge is 2.46. The second-order valence-corrected chi connectivity index (χ2v) is 8.67. The smallest absolute Gasteiger partial charge is 0.406 e. The van der Waals surface area contributed by atoms with Crippen molar-refractivity contribution in [3.05, 3.63) is 54.1 Å². The number of ether oxygens (including phenoxy) is 1. The van der Waals surface area contributed by atoms with Gasteiger partial charge in [-0.05, 0) is 55.7 Å². The molecule has 1 aliphatic carbocycles. The molecule has 0 aromatic heterocycles. The monoisotopic (exact) mass is 409 g/mol. The number of carbonyl (C=O) groups excluding carboxylic acids is 1. The van der Waals surface area contributed by atoms with Crippen LogP contribution >= 0.6 is 0 Å². The van der Waals surface area contributed by atoms with Crippen molar-refractivity contribution in [2.24, 2.45) is 10.8 Å². The number of allylic oxidation sites excluding steroid dienone is 3. The van der Waals surface area contributed by atoms with E-state index in [1.54, 1.807) is 12.1 Å². The summed E-state index contributed by atoms with van der Waals surface area (Å²) in [6.45, 7) is 8.21. The second-order valence-electron chi connectivity index (χ2n) is 8.67. The number of aryl methyl sites for hydroxylation is 1. The molecule has 0 saturated carbocycles. The Morgan fingerprint density at radius 1 is 1.17 bits per heavy atom. The largest absolute Gasteiger partial charge is 0.573 e. The van der Waals surface area contributed by atoms with Crippen molar-refractivity contribution >= 4 is 5.91 Å². The summed E-state index contributed by atoms with van der Waals surface area (Å²) in [6, 6.07) is 5.93. The van der Waals surface area contributed by atoms with Gasteiger partial charge >= 0.3 is 6.36 Å². The second kappa shape index (κ2) is 9.06. The van der Waals surface area contributed by atoms with Gasteiger partial charge in [-0.1, -0.05) is 57.2 Å². The summed E-state index contributed by atoms with van der Waals surface area (Å²) in [5.41, 5.74) is 0.160. The summed E-state index contributed by atoms with van der Waals surface area (Å²) in [6.07, 6.45) is 6.25. The van der Waals surface area contributed by atoms with Gasteiger partial charge in [0.05, 0.1) is 5.41 Å². The zero-order valence-electron chi connectivity index (χ0n) is 17.5. The van der Waals surface area contributed by atoms with Gasteiger partial charge in [0.2, 0.25) is 5.91 Å². The number of carbonyl (C=O) groups is 1. The molecular weight excluding hydrogens is 379 g/mol. The fourth-order valence-electron chi connectivity index (χ4n) is 3.58. The van der Waals surface area contributed by atoms with Crippen LogP contribution in [0.4, 0.5) is 13.2 Å². The average Bonchev–Trinajstić information content (AvgIpc) is 2.61. The Balaban J connectivity index is 1.85.